The van der Waals surface area contributed by atoms with E-state index < -0.39 is 6.10 Å². The van der Waals surface area contributed by atoms with Crippen LogP contribution in [0.3, 0.4) is 0 Å². The molecule has 116 valence electrons. The average molecular weight is 293 g/mol. The van der Waals surface area contributed by atoms with Gasteiger partial charge in [0, 0.05) is 32.3 Å². The summed E-state index contributed by atoms with van der Waals surface area (Å²) in [6.45, 7) is 6.34. The second-order valence-corrected chi connectivity index (χ2v) is 5.80. The van der Waals surface area contributed by atoms with Gasteiger partial charge in [-0.3, -0.25) is 9.59 Å². The largest absolute Gasteiger partial charge is 0.389 e. The van der Waals surface area contributed by atoms with Crippen molar-refractivity contribution < 1.29 is 14.7 Å². The quantitative estimate of drug-likeness (QED) is 0.865. The van der Waals surface area contributed by atoms with Crippen molar-refractivity contribution in [2.45, 2.75) is 45.4 Å². The first-order valence-electron chi connectivity index (χ1n) is 7.31. The molecule has 21 heavy (non-hydrogen) atoms. The van der Waals surface area contributed by atoms with Crippen molar-refractivity contribution in [2.24, 2.45) is 0 Å². The third-order valence-corrected chi connectivity index (χ3v) is 3.91. The summed E-state index contributed by atoms with van der Waals surface area (Å²) in [4.78, 5) is 25.2. The highest BCUT2D eigenvalue weighted by atomic mass is 16.3. The summed E-state index contributed by atoms with van der Waals surface area (Å²) < 4.78 is 1.90. The SMILES string of the molecule is CC(=O)N1CC[C@@H](NC(=O)c2cccn2C(C)C)[C@H](O)C1. The van der Waals surface area contributed by atoms with Gasteiger partial charge in [0.2, 0.25) is 5.91 Å². The van der Waals surface area contributed by atoms with Gasteiger partial charge in [-0.15, -0.1) is 0 Å². The average Bonchev–Trinajstić information content (AvgIpc) is 2.90. The van der Waals surface area contributed by atoms with Gasteiger partial charge in [-0.1, -0.05) is 0 Å². The maximum Gasteiger partial charge on any atom is 0.268 e. The lowest BCUT2D eigenvalue weighted by Gasteiger charge is -2.35. The molecule has 2 atom stereocenters. The van der Waals surface area contributed by atoms with Crippen LogP contribution in [0.25, 0.3) is 0 Å². The van der Waals surface area contributed by atoms with Crippen LogP contribution in [0.5, 0.6) is 0 Å². The number of β-amino-alcohol motifs (C(OH)–C–C–N with tert-alkyl or cyclic N) is 1. The molecule has 0 aliphatic carbocycles. The van der Waals surface area contributed by atoms with Crippen LogP contribution >= 0.6 is 0 Å². The van der Waals surface area contributed by atoms with E-state index in [2.05, 4.69) is 5.32 Å². The fourth-order valence-corrected chi connectivity index (χ4v) is 2.66. The van der Waals surface area contributed by atoms with Crippen molar-refractivity contribution in [3.63, 3.8) is 0 Å². The maximum atomic E-state index is 12.3. The third kappa shape index (κ3) is 3.44. The van der Waals surface area contributed by atoms with Crippen LogP contribution in [-0.4, -0.2) is 51.6 Å². The third-order valence-electron chi connectivity index (χ3n) is 3.91. The Morgan fingerprint density at radius 2 is 2.14 bits per heavy atom. The van der Waals surface area contributed by atoms with E-state index in [1.165, 1.54) is 6.92 Å². The van der Waals surface area contributed by atoms with Crippen LogP contribution < -0.4 is 5.32 Å². The van der Waals surface area contributed by atoms with Gasteiger partial charge in [0.05, 0.1) is 12.1 Å². The van der Waals surface area contributed by atoms with E-state index in [-0.39, 0.29) is 30.4 Å². The molecule has 1 aromatic rings. The molecule has 2 heterocycles. The smallest absolute Gasteiger partial charge is 0.268 e. The Morgan fingerprint density at radius 3 is 2.71 bits per heavy atom. The molecule has 2 rings (SSSR count). The Morgan fingerprint density at radius 1 is 1.43 bits per heavy atom. The number of piperidine rings is 1. The van der Waals surface area contributed by atoms with Gasteiger partial charge in [0.1, 0.15) is 5.69 Å². The number of hydrogen-bond acceptors (Lipinski definition) is 3. The predicted molar refractivity (Wildman–Crippen MR) is 78.9 cm³/mol. The van der Waals surface area contributed by atoms with Crippen molar-refractivity contribution in [2.75, 3.05) is 13.1 Å². The molecular weight excluding hydrogens is 270 g/mol. The highest BCUT2D eigenvalue weighted by Gasteiger charge is 2.30. The van der Waals surface area contributed by atoms with E-state index in [0.29, 0.717) is 18.7 Å². The Hall–Kier alpha value is -1.82. The van der Waals surface area contributed by atoms with Crippen molar-refractivity contribution in [1.29, 1.82) is 0 Å². The number of likely N-dealkylation sites (tertiary alicyclic amines) is 1. The summed E-state index contributed by atoms with van der Waals surface area (Å²) in [6, 6.07) is 3.49. The van der Waals surface area contributed by atoms with E-state index in [4.69, 9.17) is 0 Å². The lowest BCUT2D eigenvalue weighted by molar-refractivity contribution is -0.132. The fourth-order valence-electron chi connectivity index (χ4n) is 2.66. The zero-order chi connectivity index (χ0) is 15.6. The maximum absolute atomic E-state index is 12.3. The number of aromatic nitrogens is 1. The number of amides is 2. The molecule has 1 aliphatic rings. The normalized spacial score (nSPS) is 22.4. The zero-order valence-corrected chi connectivity index (χ0v) is 12.7. The Kier molecular flexibility index (Phi) is 4.67. The van der Waals surface area contributed by atoms with Crippen LogP contribution in [0, 0.1) is 0 Å². The minimum absolute atomic E-state index is 0.0486. The molecule has 0 radical (unpaired) electrons. The molecule has 1 aromatic heterocycles. The second-order valence-electron chi connectivity index (χ2n) is 5.80. The van der Waals surface area contributed by atoms with Crippen molar-refractivity contribution in [3.05, 3.63) is 24.0 Å². The van der Waals surface area contributed by atoms with Crippen LogP contribution in [0.2, 0.25) is 0 Å². The van der Waals surface area contributed by atoms with Gasteiger partial charge >= 0.3 is 0 Å². The Labute approximate surface area is 124 Å². The van der Waals surface area contributed by atoms with Crippen molar-refractivity contribution in [3.8, 4) is 0 Å². The fraction of sp³-hybridized carbons (Fsp3) is 0.600. The van der Waals surface area contributed by atoms with Crippen molar-refractivity contribution >= 4 is 11.8 Å². The van der Waals surface area contributed by atoms with E-state index in [1.807, 2.05) is 30.7 Å². The monoisotopic (exact) mass is 293 g/mol. The molecule has 2 N–H and O–H groups in total. The Bertz CT molecular complexity index is 524. The van der Waals surface area contributed by atoms with Gasteiger partial charge in [-0.25, -0.2) is 0 Å². The molecule has 1 aliphatic heterocycles. The summed E-state index contributed by atoms with van der Waals surface area (Å²) in [5.74, 6) is -0.235. The van der Waals surface area contributed by atoms with E-state index in [9.17, 15) is 14.7 Å². The van der Waals surface area contributed by atoms with Gasteiger partial charge in [0.15, 0.2) is 0 Å². The van der Waals surface area contributed by atoms with Gasteiger partial charge in [-0.05, 0) is 32.4 Å². The van der Waals surface area contributed by atoms with Crippen molar-refractivity contribution in [1.82, 2.24) is 14.8 Å². The highest BCUT2D eigenvalue weighted by Crippen LogP contribution is 2.14. The summed E-state index contributed by atoms with van der Waals surface area (Å²) in [5.41, 5.74) is 0.589. The molecule has 0 bridgehead atoms. The standard InChI is InChI=1S/C15H23N3O3/c1-10(2)18-7-4-5-13(18)15(21)16-12-6-8-17(11(3)19)9-14(12)20/h4-5,7,10,12,14,20H,6,8-9H2,1-3H3,(H,16,21)/t12-,14-/m1/s1. The topological polar surface area (TPSA) is 74.6 Å². The van der Waals surface area contributed by atoms with Gasteiger partial charge in [0.25, 0.3) is 5.91 Å². The molecule has 6 nitrogen and oxygen atoms in total. The lowest BCUT2D eigenvalue weighted by Crippen LogP contribution is -2.55. The number of aliphatic hydroxyl groups excluding tert-OH is 1. The van der Waals surface area contributed by atoms with Gasteiger partial charge < -0.3 is 19.9 Å². The summed E-state index contributed by atoms with van der Waals surface area (Å²) in [6.07, 6.45) is 1.71. The molecule has 0 saturated carbocycles. The highest BCUT2D eigenvalue weighted by molar-refractivity contribution is 5.93. The zero-order valence-electron chi connectivity index (χ0n) is 12.7. The van der Waals surface area contributed by atoms with Crippen LogP contribution in [0.4, 0.5) is 0 Å². The predicted octanol–water partition coefficient (Wildman–Crippen LogP) is 0.780. The first-order chi connectivity index (χ1) is 9.90. The molecule has 2 amide bonds. The first-order valence-corrected chi connectivity index (χ1v) is 7.31. The van der Waals surface area contributed by atoms with E-state index >= 15 is 0 Å². The molecule has 0 spiro atoms. The van der Waals surface area contributed by atoms with E-state index in [1.54, 1.807) is 11.0 Å². The number of nitrogens with zero attached hydrogens (tertiary/aromatic N) is 2. The Balaban J connectivity index is 2.00. The van der Waals surface area contributed by atoms with E-state index in [0.717, 1.165) is 0 Å². The number of carbonyl (C=O) groups is 2. The molecule has 0 unspecified atom stereocenters. The van der Waals surface area contributed by atoms with Crippen LogP contribution in [0.1, 0.15) is 43.7 Å². The van der Waals surface area contributed by atoms with Crippen LogP contribution in [0.15, 0.2) is 18.3 Å². The molecule has 6 heteroatoms. The molecule has 1 fully saturated rings. The number of hydrogen-bond donors (Lipinski definition) is 2. The summed E-state index contributed by atoms with van der Waals surface area (Å²) >= 11 is 0. The first kappa shape index (κ1) is 15.6. The number of aliphatic hydroxyl groups is 1. The summed E-state index contributed by atoms with van der Waals surface area (Å²) in [5, 5.41) is 13.0. The second kappa shape index (κ2) is 6.30. The number of nitrogens with one attached hydrogen (secondary N) is 1. The number of carbonyl (C=O) groups excluding carboxylic acids is 2. The molecule has 0 aromatic carbocycles. The molecule has 1 saturated heterocycles. The van der Waals surface area contributed by atoms with Crippen LogP contribution in [-0.2, 0) is 4.79 Å². The molecular formula is C15H23N3O3. The number of rotatable bonds is 3. The minimum atomic E-state index is -0.728. The summed E-state index contributed by atoms with van der Waals surface area (Å²) in [7, 11) is 0. The lowest BCUT2D eigenvalue weighted by atomic mass is 10.0. The minimum Gasteiger partial charge on any atom is -0.389 e. The van der Waals surface area contributed by atoms with Gasteiger partial charge in [-0.2, -0.15) is 0 Å².